The molecule has 8 nitrogen and oxygen atoms in total. The lowest BCUT2D eigenvalue weighted by Crippen LogP contribution is -2.61. The number of aliphatic hydroxyl groups excluding tert-OH is 2. The Bertz CT molecular complexity index is 1180. The van der Waals surface area contributed by atoms with Crippen LogP contribution < -0.4 is 15.4 Å². The molecule has 0 spiro atoms. The Morgan fingerprint density at radius 1 is 1.10 bits per heavy atom. The lowest BCUT2D eigenvalue weighted by atomic mass is 9.46. The molecule has 0 heterocycles. The average Bonchev–Trinajstić information content (AvgIpc) is 2.95. The van der Waals surface area contributed by atoms with Gasteiger partial charge < -0.3 is 25.0 Å². The van der Waals surface area contributed by atoms with Gasteiger partial charge in [0.2, 0.25) is 5.91 Å². The van der Waals surface area contributed by atoms with Crippen LogP contribution in [0, 0.1) is 22.7 Å². The molecule has 9 heteroatoms. The monoisotopic (exact) mass is 570 g/mol. The fourth-order valence-corrected chi connectivity index (χ4v) is 7.43. The first kappa shape index (κ1) is 30.2. The Hall–Kier alpha value is -2.75. The van der Waals surface area contributed by atoms with Gasteiger partial charge >= 0.3 is 6.09 Å². The first-order valence-electron chi connectivity index (χ1n) is 13.9. The molecular formula is C31H42N2O6S. The highest BCUT2D eigenvalue weighted by atomic mass is 32.2. The molecule has 2 aromatic carbocycles. The van der Waals surface area contributed by atoms with E-state index in [-0.39, 0.29) is 30.8 Å². The quantitative estimate of drug-likeness (QED) is 0.305. The highest BCUT2D eigenvalue weighted by molar-refractivity contribution is 7.98. The average molecular weight is 571 g/mol. The smallest absolute Gasteiger partial charge is 0.411 e. The predicted molar refractivity (Wildman–Crippen MR) is 156 cm³/mol. The third-order valence-electron chi connectivity index (χ3n) is 9.30. The maximum absolute atomic E-state index is 13.1. The largest absolute Gasteiger partial charge is 0.497 e. The second-order valence-corrected chi connectivity index (χ2v) is 12.5. The second-order valence-electron chi connectivity index (χ2n) is 11.6. The maximum atomic E-state index is 13.1. The summed E-state index contributed by atoms with van der Waals surface area (Å²) in [6.45, 7) is 4.34. The van der Waals surface area contributed by atoms with Gasteiger partial charge in [-0.2, -0.15) is 0 Å². The number of rotatable bonds is 9. The van der Waals surface area contributed by atoms with Crippen LogP contribution in [-0.2, 0) is 16.1 Å². The van der Waals surface area contributed by atoms with E-state index < -0.39 is 29.1 Å². The molecule has 0 saturated heterocycles. The summed E-state index contributed by atoms with van der Waals surface area (Å²) in [6.07, 6.45) is 2.98. The normalized spacial score (nSPS) is 29.6. The minimum Gasteiger partial charge on any atom is -0.497 e. The first-order chi connectivity index (χ1) is 19.1. The summed E-state index contributed by atoms with van der Waals surface area (Å²) in [5, 5.41) is 27.6. The van der Waals surface area contributed by atoms with Gasteiger partial charge in [-0.25, -0.2) is 4.79 Å². The van der Waals surface area contributed by atoms with Crippen molar-refractivity contribution in [2.75, 3.05) is 25.3 Å². The number of nitrogens with one attached hydrogen (secondary N) is 2. The molecule has 0 aromatic heterocycles. The number of aliphatic hydroxyl groups is 2. The van der Waals surface area contributed by atoms with E-state index in [2.05, 4.69) is 17.6 Å². The van der Waals surface area contributed by atoms with E-state index in [1.165, 1.54) is 0 Å². The van der Waals surface area contributed by atoms with E-state index >= 15 is 0 Å². The van der Waals surface area contributed by atoms with Crippen LogP contribution in [-0.4, -0.2) is 54.4 Å². The van der Waals surface area contributed by atoms with E-state index in [4.69, 9.17) is 9.47 Å². The van der Waals surface area contributed by atoms with Crippen LogP contribution >= 0.6 is 11.8 Å². The van der Waals surface area contributed by atoms with Crippen molar-refractivity contribution in [3.05, 3.63) is 54.1 Å². The summed E-state index contributed by atoms with van der Waals surface area (Å²) in [5.41, 5.74) is 0.523. The SMILES string of the molecule is COc1ccc(CNC(=O)CC2C(O)CCC3C(C)(CO)C(OC(=O)Nc4cccc(SC)c4)CCC23C)cc1. The fourth-order valence-electron chi connectivity index (χ4n) is 6.97. The number of methoxy groups -OCH3 is 1. The van der Waals surface area contributed by atoms with Crippen molar-refractivity contribution in [3.8, 4) is 5.75 Å². The third-order valence-corrected chi connectivity index (χ3v) is 10.0. The van der Waals surface area contributed by atoms with Gasteiger partial charge in [0.1, 0.15) is 11.9 Å². The van der Waals surface area contributed by atoms with Crippen LogP contribution in [0.1, 0.15) is 51.5 Å². The Morgan fingerprint density at radius 2 is 1.85 bits per heavy atom. The van der Waals surface area contributed by atoms with Gasteiger partial charge in [0.05, 0.1) is 19.8 Å². The fraction of sp³-hybridized carbons (Fsp3) is 0.548. The maximum Gasteiger partial charge on any atom is 0.411 e. The molecule has 2 fully saturated rings. The summed E-state index contributed by atoms with van der Waals surface area (Å²) in [6, 6.07) is 15.1. The Labute approximate surface area is 241 Å². The topological polar surface area (TPSA) is 117 Å². The van der Waals surface area contributed by atoms with Gasteiger partial charge in [0, 0.05) is 29.0 Å². The van der Waals surface area contributed by atoms with Crippen LogP contribution in [0.15, 0.2) is 53.4 Å². The van der Waals surface area contributed by atoms with E-state index in [1.807, 2.05) is 61.7 Å². The highest BCUT2D eigenvalue weighted by Crippen LogP contribution is 2.61. The number of thioether (sulfide) groups is 1. The molecule has 0 aliphatic heterocycles. The zero-order valence-corrected chi connectivity index (χ0v) is 24.6. The summed E-state index contributed by atoms with van der Waals surface area (Å²) in [5.74, 6) is 0.349. The number of carbonyl (C=O) groups excluding carboxylic acids is 2. The standard InChI is InChI=1S/C31H42N2O6S/c1-30-15-14-27(39-29(37)33-21-6-5-7-23(16-21)40-4)31(2,19-34)26(30)13-12-25(35)24(30)17-28(36)32-18-20-8-10-22(38-3)11-9-20/h5-11,16,24-27,34-35H,12-15,17-19H2,1-4H3,(H,32,36)(H,33,37). The van der Waals surface area contributed by atoms with Gasteiger partial charge in [-0.05, 0) is 85.1 Å². The molecule has 4 N–H and O–H groups in total. The molecule has 2 aromatic rings. The Morgan fingerprint density at radius 3 is 2.52 bits per heavy atom. The number of benzene rings is 2. The number of amides is 2. The molecule has 0 radical (unpaired) electrons. The molecule has 2 aliphatic rings. The second kappa shape index (κ2) is 12.8. The third kappa shape index (κ3) is 6.42. The number of ether oxygens (including phenoxy) is 2. The van der Waals surface area contributed by atoms with Crippen molar-refractivity contribution in [2.24, 2.45) is 22.7 Å². The van der Waals surface area contributed by atoms with Gasteiger partial charge in [-0.1, -0.05) is 32.0 Å². The summed E-state index contributed by atoms with van der Waals surface area (Å²) in [7, 11) is 1.61. The van der Waals surface area contributed by atoms with Crippen LogP contribution in [0.3, 0.4) is 0 Å². The Balaban J connectivity index is 1.43. The minimum atomic E-state index is -0.705. The molecule has 2 saturated carbocycles. The molecule has 2 aliphatic carbocycles. The molecule has 6 atom stereocenters. The van der Waals surface area contributed by atoms with Crippen molar-refractivity contribution >= 4 is 29.4 Å². The summed E-state index contributed by atoms with van der Waals surface area (Å²) in [4.78, 5) is 27.0. The van der Waals surface area contributed by atoms with Gasteiger partial charge in [0.25, 0.3) is 0 Å². The number of hydrogen-bond donors (Lipinski definition) is 4. The van der Waals surface area contributed by atoms with Gasteiger partial charge in [0.15, 0.2) is 0 Å². The van der Waals surface area contributed by atoms with Gasteiger partial charge in [-0.15, -0.1) is 11.8 Å². The summed E-state index contributed by atoms with van der Waals surface area (Å²) >= 11 is 1.59. The van der Waals surface area contributed by atoms with Crippen LogP contribution in [0.4, 0.5) is 10.5 Å². The molecule has 0 bridgehead atoms. The van der Waals surface area contributed by atoms with Gasteiger partial charge in [-0.3, -0.25) is 10.1 Å². The highest BCUT2D eigenvalue weighted by Gasteiger charge is 2.60. The molecule has 2 amide bonds. The summed E-state index contributed by atoms with van der Waals surface area (Å²) < 4.78 is 11.1. The zero-order valence-electron chi connectivity index (χ0n) is 23.8. The molecule has 40 heavy (non-hydrogen) atoms. The zero-order chi connectivity index (χ0) is 28.9. The number of hydrogen-bond acceptors (Lipinski definition) is 7. The van der Waals surface area contributed by atoms with E-state index in [1.54, 1.807) is 18.9 Å². The van der Waals surface area contributed by atoms with E-state index in [0.717, 1.165) is 16.2 Å². The minimum absolute atomic E-state index is 0.0286. The lowest BCUT2D eigenvalue weighted by molar-refractivity contribution is -0.185. The van der Waals surface area contributed by atoms with E-state index in [0.29, 0.717) is 37.9 Å². The van der Waals surface area contributed by atoms with Crippen molar-refractivity contribution in [1.29, 1.82) is 0 Å². The molecule has 6 unspecified atom stereocenters. The van der Waals surface area contributed by atoms with Crippen molar-refractivity contribution < 1.29 is 29.3 Å². The van der Waals surface area contributed by atoms with Crippen LogP contribution in [0.25, 0.3) is 0 Å². The Kier molecular flexibility index (Phi) is 9.69. The van der Waals surface area contributed by atoms with E-state index in [9.17, 15) is 19.8 Å². The van der Waals surface area contributed by atoms with Crippen molar-refractivity contribution in [3.63, 3.8) is 0 Å². The number of anilines is 1. The first-order valence-corrected chi connectivity index (χ1v) is 15.2. The number of carbonyl (C=O) groups is 2. The lowest BCUT2D eigenvalue weighted by Gasteiger charge is -2.60. The molecule has 4 rings (SSSR count). The van der Waals surface area contributed by atoms with Crippen LogP contribution in [0.2, 0.25) is 0 Å². The molecule has 218 valence electrons. The van der Waals surface area contributed by atoms with Crippen molar-refractivity contribution in [1.82, 2.24) is 5.32 Å². The number of fused-ring (bicyclic) bond motifs is 1. The molecular weight excluding hydrogens is 528 g/mol. The predicted octanol–water partition coefficient (Wildman–Crippen LogP) is 5.23. The van der Waals surface area contributed by atoms with Crippen LogP contribution in [0.5, 0.6) is 5.75 Å². The van der Waals surface area contributed by atoms with Crippen molar-refractivity contribution in [2.45, 2.75) is 69.6 Å².